The predicted molar refractivity (Wildman–Crippen MR) is 170 cm³/mol. The number of aliphatic hydroxyl groups is 1. The lowest BCUT2D eigenvalue weighted by molar-refractivity contribution is -0.108. The van der Waals surface area contributed by atoms with Gasteiger partial charge >= 0.3 is 0 Å². The molecule has 0 saturated heterocycles. The summed E-state index contributed by atoms with van der Waals surface area (Å²) in [7, 11) is 1.61. The lowest BCUT2D eigenvalue weighted by atomic mass is 10.1. The normalized spacial score (nSPS) is 12.6. The van der Waals surface area contributed by atoms with Crippen molar-refractivity contribution in [2.45, 2.75) is 58.4 Å². The maximum Gasteiger partial charge on any atom is 0.229 e. The topological polar surface area (TPSA) is 81.6 Å². The van der Waals surface area contributed by atoms with Crippen LogP contribution in [-0.4, -0.2) is 64.7 Å². The van der Waals surface area contributed by atoms with Crippen LogP contribution in [0.25, 0.3) is 0 Å². The monoisotopic (exact) mass is 571 g/mol. The van der Waals surface area contributed by atoms with E-state index in [1.165, 1.54) is 22.6 Å². The molecule has 0 bridgehead atoms. The van der Waals surface area contributed by atoms with Crippen molar-refractivity contribution in [1.29, 1.82) is 0 Å². The fourth-order valence-electron chi connectivity index (χ4n) is 3.24. The molecule has 1 amide bonds. The first kappa shape index (κ1) is 33.0. The van der Waals surface area contributed by atoms with E-state index in [-0.39, 0.29) is 28.4 Å². The zero-order valence-electron chi connectivity index (χ0n) is 25.4. The first-order chi connectivity index (χ1) is 18.7. The van der Waals surface area contributed by atoms with Gasteiger partial charge in [-0.1, -0.05) is 39.8 Å². The fourth-order valence-corrected chi connectivity index (χ4v) is 3.24. The van der Waals surface area contributed by atoms with E-state index in [0.717, 1.165) is 17.7 Å². The zero-order chi connectivity index (χ0) is 30.1. The van der Waals surface area contributed by atoms with Gasteiger partial charge in [-0.25, -0.2) is 19.4 Å². The smallest absolute Gasteiger partial charge is 0.229 e. The van der Waals surface area contributed by atoms with Crippen LogP contribution in [0.4, 0.5) is 27.5 Å². The third-order valence-electron chi connectivity index (χ3n) is 7.07. The van der Waals surface area contributed by atoms with Crippen molar-refractivity contribution >= 4 is 39.6 Å². The molecule has 0 aliphatic rings. The lowest BCUT2D eigenvalue weighted by Crippen LogP contribution is -2.36. The molecule has 9 heteroatoms. The summed E-state index contributed by atoms with van der Waals surface area (Å²) in [4.78, 5) is 24.2. The zero-order valence-corrected chi connectivity index (χ0v) is 26.2. The Morgan fingerprint density at radius 2 is 1.65 bits per heavy atom. The van der Waals surface area contributed by atoms with Crippen LogP contribution < -0.4 is 15.1 Å². The predicted octanol–water partition coefficient (Wildman–Crippen LogP) is 6.38. The number of aryl methyl sites for hydroxylation is 1. The molecule has 0 saturated carbocycles. The summed E-state index contributed by atoms with van der Waals surface area (Å²) in [5.74, 6) is 0.326. The van der Waals surface area contributed by atoms with E-state index in [9.17, 15) is 14.3 Å². The van der Waals surface area contributed by atoms with Gasteiger partial charge in [-0.15, -0.1) is 0 Å². The first-order valence-electron chi connectivity index (χ1n) is 13.4. The number of benzene rings is 2. The number of hydrogen-bond acceptors (Lipinski definition) is 6. The molecule has 1 heterocycles. The Hall–Kier alpha value is -3.17. The Kier molecular flexibility index (Phi) is 11.9. The van der Waals surface area contributed by atoms with E-state index in [0.29, 0.717) is 29.2 Å². The number of amides is 1. The van der Waals surface area contributed by atoms with Crippen LogP contribution in [0.5, 0.6) is 0 Å². The lowest BCUT2D eigenvalue weighted by Gasteiger charge is -2.40. The molecule has 2 aromatic carbocycles. The first-order valence-corrected chi connectivity index (χ1v) is 16.3. The molecule has 1 atom stereocenters. The van der Waals surface area contributed by atoms with Crippen molar-refractivity contribution in [3.63, 3.8) is 0 Å². The van der Waals surface area contributed by atoms with Crippen LogP contribution in [0.3, 0.4) is 0 Å². The van der Waals surface area contributed by atoms with Crippen molar-refractivity contribution in [1.82, 2.24) is 9.97 Å². The van der Waals surface area contributed by atoms with Gasteiger partial charge in [0.25, 0.3) is 0 Å². The summed E-state index contributed by atoms with van der Waals surface area (Å²) in [6.07, 6.45) is 10.3. The second-order valence-electron chi connectivity index (χ2n) is 11.5. The van der Waals surface area contributed by atoms with E-state index < -0.39 is 6.04 Å². The standard InChI is InChI=1S/C24H28FN5O2.C7H18S/c1-4-18-5-11-22(12-6-18)29(3)14-19-13-26-24(27-21-9-7-20(25)8-10-21)28-23(19)30(16-32)17(2)15-31;1-7(2,3)8(4,5)6/h5-13,16-17,31H,4,14-15H2,1-3H3,(H,26,27,28);1-6H3. The molecule has 220 valence electrons. The van der Waals surface area contributed by atoms with Crippen molar-refractivity contribution in [3.05, 3.63) is 71.7 Å². The average molecular weight is 572 g/mol. The Morgan fingerprint density at radius 3 is 2.12 bits per heavy atom. The average Bonchev–Trinajstić information content (AvgIpc) is 2.90. The Morgan fingerprint density at radius 1 is 1.07 bits per heavy atom. The van der Waals surface area contributed by atoms with Crippen molar-refractivity contribution < 1.29 is 14.3 Å². The molecule has 3 rings (SSSR count). The number of aromatic nitrogens is 2. The van der Waals surface area contributed by atoms with Crippen molar-refractivity contribution in [2.75, 3.05) is 47.5 Å². The minimum atomic E-state index is -0.464. The third kappa shape index (κ3) is 9.48. The minimum absolute atomic E-state index is 0.211. The molecule has 2 N–H and O–H groups in total. The number of carbonyl (C=O) groups is 1. The molecule has 0 fully saturated rings. The van der Waals surface area contributed by atoms with Crippen molar-refractivity contribution in [2.24, 2.45) is 0 Å². The summed E-state index contributed by atoms with van der Waals surface area (Å²) in [6, 6.07) is 13.6. The van der Waals surface area contributed by atoms with E-state index >= 15 is 0 Å². The van der Waals surface area contributed by atoms with Gasteiger partial charge in [-0.3, -0.25) is 9.69 Å². The van der Waals surface area contributed by atoms with E-state index in [4.69, 9.17) is 0 Å². The molecule has 3 aromatic rings. The molecule has 40 heavy (non-hydrogen) atoms. The molecule has 1 unspecified atom stereocenters. The van der Waals surface area contributed by atoms with Gasteiger partial charge in [0, 0.05) is 36.7 Å². The van der Waals surface area contributed by atoms with Gasteiger partial charge in [0.15, 0.2) is 0 Å². The van der Waals surface area contributed by atoms with Gasteiger partial charge in [0.05, 0.1) is 12.6 Å². The number of anilines is 4. The number of aliphatic hydroxyl groups excluding tert-OH is 1. The number of carbonyl (C=O) groups excluding carboxylic acids is 1. The van der Waals surface area contributed by atoms with Gasteiger partial charge in [-0.05, 0) is 78.8 Å². The summed E-state index contributed by atoms with van der Waals surface area (Å²) in [5, 5.41) is 12.6. The maximum absolute atomic E-state index is 13.2. The molecular formula is C31H46FN5O2S. The highest BCUT2D eigenvalue weighted by Gasteiger charge is 2.22. The number of nitrogens with zero attached hydrogens (tertiary/aromatic N) is 4. The van der Waals surface area contributed by atoms with Crippen LogP contribution >= 0.6 is 10.0 Å². The van der Waals surface area contributed by atoms with Gasteiger partial charge in [0.2, 0.25) is 12.4 Å². The second kappa shape index (κ2) is 14.5. The largest absolute Gasteiger partial charge is 0.394 e. The Balaban J connectivity index is 0.000000611. The highest BCUT2D eigenvalue weighted by atomic mass is 32.3. The van der Waals surface area contributed by atoms with Crippen LogP contribution in [0.15, 0.2) is 54.7 Å². The quantitative estimate of drug-likeness (QED) is 0.275. The van der Waals surface area contributed by atoms with E-state index in [2.05, 4.69) is 86.0 Å². The number of hydrogen-bond donors (Lipinski definition) is 2. The summed E-state index contributed by atoms with van der Waals surface area (Å²) in [6.45, 7) is 11.0. The fraction of sp³-hybridized carbons (Fsp3) is 0.452. The SMILES string of the molecule is CC(C)(C)S(C)(C)C.CCc1ccc(N(C)Cc2cnc(Nc3ccc(F)cc3)nc2N(C=O)C(C)CO)cc1. The Labute approximate surface area is 241 Å². The summed E-state index contributed by atoms with van der Waals surface area (Å²) in [5.41, 5.74) is 3.62. The van der Waals surface area contributed by atoms with Gasteiger partial charge < -0.3 is 15.3 Å². The summed E-state index contributed by atoms with van der Waals surface area (Å²) < 4.78 is 13.7. The highest BCUT2D eigenvalue weighted by Crippen LogP contribution is 2.48. The maximum atomic E-state index is 13.2. The highest BCUT2D eigenvalue weighted by molar-refractivity contribution is 8.33. The van der Waals surface area contributed by atoms with E-state index in [1.54, 1.807) is 25.3 Å². The molecule has 0 spiro atoms. The van der Waals surface area contributed by atoms with Crippen LogP contribution in [0.2, 0.25) is 0 Å². The second-order valence-corrected chi connectivity index (χ2v) is 16.4. The van der Waals surface area contributed by atoms with Crippen molar-refractivity contribution in [3.8, 4) is 0 Å². The molecule has 1 aromatic heterocycles. The molecule has 7 nitrogen and oxygen atoms in total. The van der Waals surface area contributed by atoms with Crippen LogP contribution in [0.1, 0.15) is 45.7 Å². The molecule has 0 aliphatic heterocycles. The minimum Gasteiger partial charge on any atom is -0.394 e. The summed E-state index contributed by atoms with van der Waals surface area (Å²) >= 11 is 0. The number of rotatable bonds is 10. The van der Waals surface area contributed by atoms with E-state index in [1.807, 2.05) is 11.9 Å². The van der Waals surface area contributed by atoms with Crippen LogP contribution in [0, 0.1) is 5.82 Å². The van der Waals surface area contributed by atoms with Gasteiger partial charge in [-0.2, -0.15) is 4.98 Å². The number of halogens is 1. The third-order valence-corrected chi connectivity index (χ3v) is 10.7. The molecular weight excluding hydrogens is 525 g/mol. The van der Waals surface area contributed by atoms with Gasteiger partial charge in [0.1, 0.15) is 11.6 Å². The number of nitrogens with one attached hydrogen (secondary N) is 1. The molecule has 0 radical (unpaired) electrons. The molecule has 0 aliphatic carbocycles. The Bertz CT molecular complexity index is 1200. The van der Waals surface area contributed by atoms with Crippen LogP contribution in [-0.2, 0) is 17.8 Å².